The Labute approximate surface area is 235 Å². The molecule has 0 aromatic heterocycles. The van der Waals surface area contributed by atoms with Gasteiger partial charge in [-0.15, -0.1) is 0 Å². The molecular weight excluding hydrogens is 525 g/mol. The molecule has 0 atom stereocenters. The minimum absolute atomic E-state index is 0. The van der Waals surface area contributed by atoms with Crippen molar-refractivity contribution in [2.75, 3.05) is 26.2 Å². The van der Waals surface area contributed by atoms with Gasteiger partial charge in [0.2, 0.25) is 0 Å². The number of rotatable bonds is 28. The highest BCUT2D eigenvalue weighted by Gasteiger charge is 2.21. The predicted molar refractivity (Wildman–Crippen MR) is 153 cm³/mol. The maximum absolute atomic E-state index is 2.43. The van der Waals surface area contributed by atoms with Gasteiger partial charge in [-0.05, 0) is 39.5 Å². The van der Waals surface area contributed by atoms with Crippen LogP contribution in [0, 0.1) is 0 Å². The molecule has 0 saturated heterocycles. The van der Waals surface area contributed by atoms with Crippen LogP contribution in [-0.4, -0.2) is 30.7 Å². The van der Waals surface area contributed by atoms with Crippen molar-refractivity contribution in [2.24, 2.45) is 0 Å². The number of halogens is 1. The third-order valence-corrected chi connectivity index (χ3v) is 8.31. The average Bonchev–Trinajstić information content (AvgIpc) is 2.84. The Bertz CT molecular complexity index is 353. The summed E-state index contributed by atoms with van der Waals surface area (Å²) >= 11 is 0. The SMILES string of the molecule is CCCCCCCCCCCCCCCC[N+](CC)(CC)CCCCCCCCCCCC.[I-]. The van der Waals surface area contributed by atoms with Crippen LogP contribution >= 0.6 is 0 Å². The molecule has 0 radical (unpaired) electrons. The predicted octanol–water partition coefficient (Wildman–Crippen LogP) is 8.25. The Hall–Kier alpha value is 0.690. The van der Waals surface area contributed by atoms with Gasteiger partial charge in [-0.3, -0.25) is 0 Å². The third-order valence-electron chi connectivity index (χ3n) is 8.31. The Kier molecular flexibility index (Phi) is 32.4. The second-order valence-corrected chi connectivity index (χ2v) is 11.2. The minimum atomic E-state index is 0. The molecule has 208 valence electrons. The quantitative estimate of drug-likeness (QED) is 0.0487. The molecule has 0 spiro atoms. The lowest BCUT2D eigenvalue weighted by atomic mass is 10.0. The summed E-state index contributed by atoms with van der Waals surface area (Å²) in [6, 6.07) is 0. The summed E-state index contributed by atoms with van der Waals surface area (Å²) in [4.78, 5) is 0. The second-order valence-electron chi connectivity index (χ2n) is 11.2. The van der Waals surface area contributed by atoms with Crippen LogP contribution in [0.4, 0.5) is 0 Å². The van der Waals surface area contributed by atoms with Gasteiger partial charge in [-0.25, -0.2) is 0 Å². The molecule has 34 heavy (non-hydrogen) atoms. The van der Waals surface area contributed by atoms with Crippen LogP contribution in [0.25, 0.3) is 0 Å². The molecule has 0 aromatic carbocycles. The molecule has 0 heterocycles. The molecule has 0 aliphatic heterocycles. The lowest BCUT2D eigenvalue weighted by Crippen LogP contribution is -3.00. The molecule has 0 unspecified atom stereocenters. The topological polar surface area (TPSA) is 0 Å². The molecule has 0 bridgehead atoms. The fourth-order valence-electron chi connectivity index (χ4n) is 5.54. The highest BCUT2D eigenvalue weighted by Crippen LogP contribution is 2.17. The Morgan fingerprint density at radius 1 is 0.294 bits per heavy atom. The van der Waals surface area contributed by atoms with Gasteiger partial charge in [0, 0.05) is 0 Å². The van der Waals surface area contributed by atoms with Crippen molar-refractivity contribution in [1.29, 1.82) is 0 Å². The van der Waals surface area contributed by atoms with Crippen LogP contribution in [0.15, 0.2) is 0 Å². The molecule has 0 saturated carbocycles. The lowest BCUT2D eigenvalue weighted by Gasteiger charge is -2.37. The zero-order valence-electron chi connectivity index (χ0n) is 24.6. The lowest BCUT2D eigenvalue weighted by molar-refractivity contribution is -0.925. The molecule has 0 aliphatic rings. The molecule has 2 heteroatoms. The van der Waals surface area contributed by atoms with Crippen molar-refractivity contribution < 1.29 is 28.5 Å². The molecular formula is C32H68IN. The second kappa shape index (κ2) is 29.9. The van der Waals surface area contributed by atoms with E-state index in [0.29, 0.717) is 0 Å². The van der Waals surface area contributed by atoms with Gasteiger partial charge in [0.05, 0.1) is 26.2 Å². The summed E-state index contributed by atoms with van der Waals surface area (Å²) in [5.74, 6) is 0. The van der Waals surface area contributed by atoms with Crippen molar-refractivity contribution in [2.45, 2.75) is 182 Å². The van der Waals surface area contributed by atoms with Crippen molar-refractivity contribution in [3.63, 3.8) is 0 Å². The van der Waals surface area contributed by atoms with E-state index in [2.05, 4.69) is 27.7 Å². The van der Waals surface area contributed by atoms with Crippen molar-refractivity contribution in [3.05, 3.63) is 0 Å². The molecule has 0 aromatic rings. The van der Waals surface area contributed by atoms with E-state index in [9.17, 15) is 0 Å². The maximum atomic E-state index is 2.43. The van der Waals surface area contributed by atoms with E-state index in [1.165, 1.54) is 185 Å². The molecule has 0 rings (SSSR count). The van der Waals surface area contributed by atoms with E-state index >= 15 is 0 Å². The van der Waals surface area contributed by atoms with Crippen LogP contribution in [0.2, 0.25) is 0 Å². The van der Waals surface area contributed by atoms with Gasteiger partial charge in [-0.1, -0.05) is 142 Å². The Balaban J connectivity index is 0. The Morgan fingerprint density at radius 3 is 0.706 bits per heavy atom. The van der Waals surface area contributed by atoms with Crippen LogP contribution in [-0.2, 0) is 0 Å². The highest BCUT2D eigenvalue weighted by atomic mass is 127. The normalized spacial score (nSPS) is 11.6. The third kappa shape index (κ3) is 24.4. The van der Waals surface area contributed by atoms with Gasteiger partial charge in [-0.2, -0.15) is 0 Å². The standard InChI is InChI=1S/C32H68N.HI/c1-5-9-11-13-15-17-19-20-21-22-24-26-28-30-32-33(7-3,8-4)31-29-27-25-23-18-16-14-12-10-6-2;/h5-32H2,1-4H3;1H/q+1;/p-1. The summed E-state index contributed by atoms with van der Waals surface area (Å²) in [5, 5.41) is 0. The maximum Gasteiger partial charge on any atom is 0.0786 e. The van der Waals surface area contributed by atoms with E-state index in [-0.39, 0.29) is 24.0 Å². The van der Waals surface area contributed by atoms with Crippen LogP contribution in [0.1, 0.15) is 182 Å². The first-order chi connectivity index (χ1) is 16.2. The first-order valence-corrected chi connectivity index (χ1v) is 16.1. The molecule has 1 nitrogen and oxygen atoms in total. The van der Waals surface area contributed by atoms with E-state index in [1.807, 2.05) is 0 Å². The van der Waals surface area contributed by atoms with Crippen molar-refractivity contribution in [1.82, 2.24) is 0 Å². The molecule has 0 aliphatic carbocycles. The fraction of sp³-hybridized carbons (Fsp3) is 1.00. The van der Waals surface area contributed by atoms with Crippen LogP contribution in [0.3, 0.4) is 0 Å². The minimum Gasteiger partial charge on any atom is -1.00 e. The zero-order valence-corrected chi connectivity index (χ0v) is 26.8. The number of hydrogen-bond acceptors (Lipinski definition) is 0. The number of quaternary nitrogens is 1. The van der Waals surface area contributed by atoms with Gasteiger partial charge < -0.3 is 28.5 Å². The molecule has 0 fully saturated rings. The number of hydrogen-bond donors (Lipinski definition) is 0. The Morgan fingerprint density at radius 2 is 0.500 bits per heavy atom. The molecule has 0 N–H and O–H groups in total. The van der Waals surface area contributed by atoms with Crippen LogP contribution in [0.5, 0.6) is 0 Å². The zero-order chi connectivity index (χ0) is 24.3. The highest BCUT2D eigenvalue weighted by molar-refractivity contribution is 4.52. The monoisotopic (exact) mass is 593 g/mol. The smallest absolute Gasteiger partial charge is 0.0786 e. The van der Waals surface area contributed by atoms with Crippen LogP contribution < -0.4 is 24.0 Å². The van der Waals surface area contributed by atoms with Crippen molar-refractivity contribution >= 4 is 0 Å². The number of nitrogens with zero attached hydrogens (tertiary/aromatic N) is 1. The van der Waals surface area contributed by atoms with E-state index in [4.69, 9.17) is 0 Å². The molecule has 0 amide bonds. The van der Waals surface area contributed by atoms with Gasteiger partial charge in [0.1, 0.15) is 0 Å². The first kappa shape index (κ1) is 36.8. The van der Waals surface area contributed by atoms with Crippen molar-refractivity contribution in [3.8, 4) is 0 Å². The van der Waals surface area contributed by atoms with E-state index < -0.39 is 0 Å². The average molecular weight is 594 g/mol. The van der Waals surface area contributed by atoms with Gasteiger partial charge >= 0.3 is 0 Å². The van der Waals surface area contributed by atoms with E-state index in [1.54, 1.807) is 0 Å². The summed E-state index contributed by atoms with van der Waals surface area (Å²) in [5.41, 5.74) is 0. The summed E-state index contributed by atoms with van der Waals surface area (Å²) < 4.78 is 1.38. The largest absolute Gasteiger partial charge is 1.00 e. The first-order valence-electron chi connectivity index (χ1n) is 16.1. The van der Waals surface area contributed by atoms with Gasteiger partial charge in [0.25, 0.3) is 0 Å². The summed E-state index contributed by atoms with van der Waals surface area (Å²) in [7, 11) is 0. The summed E-state index contributed by atoms with van der Waals surface area (Å²) in [6.45, 7) is 15.0. The fourth-order valence-corrected chi connectivity index (χ4v) is 5.54. The number of unbranched alkanes of at least 4 members (excludes halogenated alkanes) is 22. The van der Waals surface area contributed by atoms with Gasteiger partial charge in [0.15, 0.2) is 0 Å². The summed E-state index contributed by atoms with van der Waals surface area (Å²) in [6.07, 6.45) is 35.1. The van der Waals surface area contributed by atoms with E-state index in [0.717, 1.165) is 0 Å².